The van der Waals surface area contributed by atoms with Gasteiger partial charge in [0.15, 0.2) is 0 Å². The van der Waals surface area contributed by atoms with Crippen molar-refractivity contribution < 1.29 is 9.53 Å². The average molecular weight is 380 g/mol. The van der Waals surface area contributed by atoms with E-state index in [4.69, 9.17) is 4.74 Å². The van der Waals surface area contributed by atoms with Gasteiger partial charge in [0.25, 0.3) is 0 Å². The topological polar surface area (TPSA) is 29.5 Å². The van der Waals surface area contributed by atoms with E-state index in [0.717, 1.165) is 25.8 Å². The van der Waals surface area contributed by atoms with E-state index in [0.29, 0.717) is 6.42 Å². The first kappa shape index (κ1) is 20.6. The summed E-state index contributed by atoms with van der Waals surface area (Å²) in [5.74, 6) is -0.0861. The number of esters is 1. The molecule has 1 aliphatic rings. The molecule has 0 bridgehead atoms. The summed E-state index contributed by atoms with van der Waals surface area (Å²) in [5.41, 5.74) is 2.42. The van der Waals surface area contributed by atoms with Gasteiger partial charge in [-0.05, 0) is 45.2 Å². The molecule has 3 rings (SSSR count). The molecule has 1 fully saturated rings. The zero-order chi connectivity index (χ0) is 20.2. The standard InChI is InChI=1S/C25H33NO2/c1-24(2)17-22(28-23(27)16-15-20-11-7-5-8-12-20)18-25(3,4)26(24)19-21-13-9-6-10-14-21/h5-14,22H,15-19H2,1-4H3. The molecule has 1 heterocycles. The van der Waals surface area contributed by atoms with E-state index in [-0.39, 0.29) is 23.2 Å². The van der Waals surface area contributed by atoms with Crippen LogP contribution in [0, 0.1) is 0 Å². The Balaban J connectivity index is 1.60. The van der Waals surface area contributed by atoms with Gasteiger partial charge in [-0.3, -0.25) is 9.69 Å². The molecule has 0 unspecified atom stereocenters. The van der Waals surface area contributed by atoms with E-state index in [1.807, 2.05) is 18.2 Å². The van der Waals surface area contributed by atoms with Gasteiger partial charge < -0.3 is 4.74 Å². The van der Waals surface area contributed by atoms with Gasteiger partial charge in [-0.25, -0.2) is 0 Å². The highest BCUT2D eigenvalue weighted by Gasteiger charge is 2.46. The highest BCUT2D eigenvalue weighted by molar-refractivity contribution is 5.70. The molecule has 0 aliphatic carbocycles. The molecule has 3 nitrogen and oxygen atoms in total. The van der Waals surface area contributed by atoms with E-state index >= 15 is 0 Å². The fraction of sp³-hybridized carbons (Fsp3) is 0.480. The molecule has 0 saturated carbocycles. The number of likely N-dealkylation sites (tertiary alicyclic amines) is 1. The highest BCUT2D eigenvalue weighted by atomic mass is 16.5. The van der Waals surface area contributed by atoms with Crippen molar-refractivity contribution in [1.82, 2.24) is 4.90 Å². The maximum atomic E-state index is 12.4. The van der Waals surface area contributed by atoms with Crippen LogP contribution < -0.4 is 0 Å². The number of carbonyl (C=O) groups is 1. The minimum Gasteiger partial charge on any atom is -0.462 e. The summed E-state index contributed by atoms with van der Waals surface area (Å²) >= 11 is 0. The van der Waals surface area contributed by atoms with Gasteiger partial charge in [0.2, 0.25) is 0 Å². The van der Waals surface area contributed by atoms with Gasteiger partial charge in [-0.2, -0.15) is 0 Å². The highest BCUT2D eigenvalue weighted by Crippen LogP contribution is 2.40. The van der Waals surface area contributed by atoms with Gasteiger partial charge in [-0.1, -0.05) is 60.7 Å². The van der Waals surface area contributed by atoms with Crippen molar-refractivity contribution in [3.05, 3.63) is 71.8 Å². The molecule has 1 saturated heterocycles. The van der Waals surface area contributed by atoms with Crippen LogP contribution in [0.1, 0.15) is 58.1 Å². The first-order valence-corrected chi connectivity index (χ1v) is 10.3. The number of piperidine rings is 1. The predicted molar refractivity (Wildman–Crippen MR) is 114 cm³/mol. The Labute approximate surface area is 169 Å². The van der Waals surface area contributed by atoms with Crippen LogP contribution in [-0.4, -0.2) is 28.1 Å². The number of benzene rings is 2. The minimum atomic E-state index is -0.0861. The molecule has 150 valence electrons. The van der Waals surface area contributed by atoms with Crippen LogP contribution in [0.15, 0.2) is 60.7 Å². The van der Waals surface area contributed by atoms with Crippen LogP contribution in [0.2, 0.25) is 0 Å². The van der Waals surface area contributed by atoms with E-state index in [1.54, 1.807) is 0 Å². The minimum absolute atomic E-state index is 0.0275. The van der Waals surface area contributed by atoms with Crippen molar-refractivity contribution in [1.29, 1.82) is 0 Å². The molecule has 0 amide bonds. The Kier molecular flexibility index (Phi) is 6.24. The SMILES string of the molecule is CC1(C)CC(OC(=O)CCc2ccccc2)CC(C)(C)N1Cc1ccccc1. The second kappa shape index (κ2) is 8.48. The van der Waals surface area contributed by atoms with Crippen LogP contribution in [0.3, 0.4) is 0 Å². The quantitative estimate of drug-likeness (QED) is 0.631. The van der Waals surface area contributed by atoms with Crippen LogP contribution in [0.4, 0.5) is 0 Å². The molecule has 28 heavy (non-hydrogen) atoms. The lowest BCUT2D eigenvalue weighted by Gasteiger charge is -2.55. The third-order valence-corrected chi connectivity index (χ3v) is 5.86. The lowest BCUT2D eigenvalue weighted by molar-refractivity contribution is -0.161. The van der Waals surface area contributed by atoms with Crippen LogP contribution >= 0.6 is 0 Å². The normalized spacial score (nSPS) is 19.3. The van der Waals surface area contributed by atoms with Gasteiger partial charge in [0.05, 0.1) is 0 Å². The monoisotopic (exact) mass is 379 g/mol. The smallest absolute Gasteiger partial charge is 0.306 e. The fourth-order valence-corrected chi connectivity index (χ4v) is 4.64. The molecule has 2 aromatic carbocycles. The van der Waals surface area contributed by atoms with Gasteiger partial charge in [-0.15, -0.1) is 0 Å². The van der Waals surface area contributed by atoms with Crippen molar-refractivity contribution in [2.24, 2.45) is 0 Å². The molecule has 0 N–H and O–H groups in total. The number of ether oxygens (including phenoxy) is 1. The molecule has 0 atom stereocenters. The van der Waals surface area contributed by atoms with E-state index in [9.17, 15) is 4.79 Å². The Hall–Kier alpha value is -2.13. The van der Waals surface area contributed by atoms with Gasteiger partial charge in [0.1, 0.15) is 6.10 Å². The third-order valence-electron chi connectivity index (χ3n) is 5.86. The van der Waals surface area contributed by atoms with Gasteiger partial charge >= 0.3 is 5.97 Å². The first-order chi connectivity index (χ1) is 13.3. The Morgan fingerprint density at radius 2 is 1.39 bits per heavy atom. The molecular formula is C25H33NO2. The number of hydrogen-bond donors (Lipinski definition) is 0. The molecule has 2 aromatic rings. The van der Waals surface area contributed by atoms with Crippen LogP contribution in [-0.2, 0) is 22.5 Å². The van der Waals surface area contributed by atoms with Gasteiger partial charge in [0, 0.05) is 36.9 Å². The fourth-order valence-electron chi connectivity index (χ4n) is 4.64. The molecular weight excluding hydrogens is 346 g/mol. The largest absolute Gasteiger partial charge is 0.462 e. The maximum absolute atomic E-state index is 12.4. The summed E-state index contributed by atoms with van der Waals surface area (Å²) < 4.78 is 5.92. The van der Waals surface area contributed by atoms with Crippen molar-refractivity contribution in [2.45, 2.75) is 77.1 Å². The lowest BCUT2D eigenvalue weighted by Crippen LogP contribution is -2.61. The van der Waals surface area contributed by atoms with Crippen LogP contribution in [0.5, 0.6) is 0 Å². The number of hydrogen-bond acceptors (Lipinski definition) is 3. The molecule has 3 heteroatoms. The molecule has 0 aromatic heterocycles. The zero-order valence-electron chi connectivity index (χ0n) is 17.7. The van der Waals surface area contributed by atoms with Crippen LogP contribution in [0.25, 0.3) is 0 Å². The molecule has 0 radical (unpaired) electrons. The Bertz CT molecular complexity index is 750. The second-order valence-electron chi connectivity index (χ2n) is 9.20. The van der Waals surface area contributed by atoms with E-state index in [1.165, 1.54) is 11.1 Å². The Morgan fingerprint density at radius 1 is 0.893 bits per heavy atom. The summed E-state index contributed by atoms with van der Waals surface area (Å²) in [6.07, 6.45) is 2.87. The summed E-state index contributed by atoms with van der Waals surface area (Å²) in [6, 6.07) is 20.7. The zero-order valence-corrected chi connectivity index (χ0v) is 17.7. The molecule has 1 aliphatic heterocycles. The maximum Gasteiger partial charge on any atom is 0.306 e. The van der Waals surface area contributed by atoms with E-state index in [2.05, 4.69) is 75.1 Å². The summed E-state index contributed by atoms with van der Waals surface area (Å²) in [4.78, 5) is 15.0. The number of rotatable bonds is 6. The average Bonchev–Trinajstić information content (AvgIpc) is 2.64. The lowest BCUT2D eigenvalue weighted by atomic mass is 9.77. The summed E-state index contributed by atoms with van der Waals surface area (Å²) in [5, 5.41) is 0. The van der Waals surface area contributed by atoms with Crippen molar-refractivity contribution in [3.8, 4) is 0 Å². The first-order valence-electron chi connectivity index (χ1n) is 10.3. The van der Waals surface area contributed by atoms with E-state index < -0.39 is 0 Å². The number of carbonyl (C=O) groups excluding carboxylic acids is 1. The third kappa shape index (κ3) is 5.23. The second-order valence-corrected chi connectivity index (χ2v) is 9.20. The summed E-state index contributed by atoms with van der Waals surface area (Å²) in [6.45, 7) is 9.97. The molecule has 0 spiro atoms. The van der Waals surface area contributed by atoms with Crippen molar-refractivity contribution in [2.75, 3.05) is 0 Å². The summed E-state index contributed by atoms with van der Waals surface area (Å²) in [7, 11) is 0. The number of aryl methyl sites for hydroxylation is 1. The van der Waals surface area contributed by atoms with Crippen molar-refractivity contribution in [3.63, 3.8) is 0 Å². The Morgan fingerprint density at radius 3 is 1.93 bits per heavy atom. The number of nitrogens with zero attached hydrogens (tertiary/aromatic N) is 1. The van der Waals surface area contributed by atoms with Crippen molar-refractivity contribution >= 4 is 5.97 Å². The predicted octanol–water partition coefficient (Wildman–Crippen LogP) is 5.38.